The van der Waals surface area contributed by atoms with Crippen molar-refractivity contribution in [2.24, 2.45) is 11.7 Å². The van der Waals surface area contributed by atoms with E-state index in [9.17, 15) is 4.79 Å². The van der Waals surface area contributed by atoms with E-state index in [0.717, 1.165) is 31.5 Å². The molecular formula is C14H23Cl2N3O. The highest BCUT2D eigenvalue weighted by atomic mass is 35.5. The van der Waals surface area contributed by atoms with Crippen LogP contribution in [-0.2, 0) is 0 Å². The molecule has 2 N–H and O–H groups in total. The van der Waals surface area contributed by atoms with Gasteiger partial charge in [0.05, 0.1) is 5.56 Å². The molecule has 1 saturated heterocycles. The number of carbonyl (C=O) groups is 1. The zero-order valence-corrected chi connectivity index (χ0v) is 13.5. The zero-order valence-electron chi connectivity index (χ0n) is 11.9. The van der Waals surface area contributed by atoms with E-state index in [4.69, 9.17) is 5.73 Å². The molecule has 0 radical (unpaired) electrons. The van der Waals surface area contributed by atoms with Crippen LogP contribution < -0.4 is 5.73 Å². The van der Waals surface area contributed by atoms with Crippen molar-refractivity contribution in [3.05, 3.63) is 29.6 Å². The number of halogens is 2. The zero-order chi connectivity index (χ0) is 13.1. The molecule has 0 aromatic carbocycles. The second kappa shape index (κ2) is 8.45. The first-order valence-corrected chi connectivity index (χ1v) is 6.54. The molecule has 114 valence electrons. The van der Waals surface area contributed by atoms with Crippen LogP contribution in [0.3, 0.4) is 0 Å². The predicted octanol–water partition coefficient (Wildman–Crippen LogP) is 2.43. The molecule has 2 unspecified atom stereocenters. The van der Waals surface area contributed by atoms with Crippen molar-refractivity contribution >= 4 is 30.7 Å². The van der Waals surface area contributed by atoms with Gasteiger partial charge in [-0.25, -0.2) is 0 Å². The number of amides is 1. The minimum atomic E-state index is 0. The second-order valence-electron chi connectivity index (χ2n) is 5.26. The normalized spacial score (nSPS) is 19.6. The van der Waals surface area contributed by atoms with E-state index < -0.39 is 0 Å². The summed E-state index contributed by atoms with van der Waals surface area (Å²) in [5.74, 6) is 0.497. The van der Waals surface area contributed by atoms with Crippen LogP contribution in [0.1, 0.15) is 35.7 Å². The van der Waals surface area contributed by atoms with Crippen molar-refractivity contribution in [1.82, 2.24) is 9.88 Å². The topological polar surface area (TPSA) is 59.2 Å². The van der Waals surface area contributed by atoms with E-state index in [1.807, 2.05) is 24.8 Å². The standard InChI is InChI=1S/C14H21N3O.2ClH/c1-10-6-13(8-16-7-10)14(18)17-5-3-4-12(9-17)11(2)15;;/h6-8,11-12H,3-5,9,15H2,1-2H3;2*1H. The third-order valence-corrected chi connectivity index (χ3v) is 3.61. The van der Waals surface area contributed by atoms with Gasteiger partial charge in [-0.15, -0.1) is 24.8 Å². The summed E-state index contributed by atoms with van der Waals surface area (Å²) in [6, 6.07) is 2.04. The summed E-state index contributed by atoms with van der Waals surface area (Å²) in [7, 11) is 0. The summed E-state index contributed by atoms with van der Waals surface area (Å²) >= 11 is 0. The summed E-state index contributed by atoms with van der Waals surface area (Å²) < 4.78 is 0. The summed E-state index contributed by atoms with van der Waals surface area (Å²) in [4.78, 5) is 18.4. The number of carbonyl (C=O) groups excluding carboxylic acids is 1. The largest absolute Gasteiger partial charge is 0.338 e. The highest BCUT2D eigenvalue weighted by Crippen LogP contribution is 2.20. The summed E-state index contributed by atoms with van der Waals surface area (Å²) in [6.45, 7) is 5.57. The minimum absolute atomic E-state index is 0. The quantitative estimate of drug-likeness (QED) is 0.910. The number of likely N-dealkylation sites (tertiary alicyclic amines) is 1. The van der Waals surface area contributed by atoms with Crippen LogP contribution in [-0.4, -0.2) is 34.9 Å². The van der Waals surface area contributed by atoms with Gasteiger partial charge in [-0.2, -0.15) is 0 Å². The Morgan fingerprint density at radius 1 is 1.45 bits per heavy atom. The average Bonchev–Trinajstić information content (AvgIpc) is 2.38. The number of piperidine rings is 1. The molecule has 1 aromatic heterocycles. The number of aryl methyl sites for hydroxylation is 1. The fourth-order valence-electron chi connectivity index (χ4n) is 2.48. The number of nitrogens with two attached hydrogens (primary N) is 1. The third-order valence-electron chi connectivity index (χ3n) is 3.61. The Hall–Kier alpha value is -0.840. The number of aromatic nitrogens is 1. The maximum Gasteiger partial charge on any atom is 0.255 e. The van der Waals surface area contributed by atoms with E-state index in [0.29, 0.717) is 11.5 Å². The van der Waals surface area contributed by atoms with Crippen LogP contribution in [0, 0.1) is 12.8 Å². The van der Waals surface area contributed by atoms with E-state index in [1.54, 1.807) is 12.4 Å². The molecule has 1 aromatic rings. The number of rotatable bonds is 2. The first-order chi connectivity index (χ1) is 8.58. The van der Waals surface area contributed by atoms with Crippen LogP contribution in [0.2, 0.25) is 0 Å². The van der Waals surface area contributed by atoms with Crippen LogP contribution in [0.4, 0.5) is 0 Å². The van der Waals surface area contributed by atoms with Crippen molar-refractivity contribution < 1.29 is 4.79 Å². The van der Waals surface area contributed by atoms with Gasteiger partial charge in [-0.05, 0) is 44.2 Å². The second-order valence-corrected chi connectivity index (χ2v) is 5.26. The van der Waals surface area contributed by atoms with Gasteiger partial charge in [-0.1, -0.05) is 0 Å². The first-order valence-electron chi connectivity index (χ1n) is 6.54. The molecule has 0 saturated carbocycles. The van der Waals surface area contributed by atoms with E-state index in [2.05, 4.69) is 4.98 Å². The van der Waals surface area contributed by atoms with Gasteiger partial charge >= 0.3 is 0 Å². The van der Waals surface area contributed by atoms with Crippen molar-refractivity contribution in [2.45, 2.75) is 32.7 Å². The number of hydrogen-bond donors (Lipinski definition) is 1. The first kappa shape index (κ1) is 19.2. The molecule has 2 atom stereocenters. The Morgan fingerprint density at radius 3 is 2.75 bits per heavy atom. The molecule has 0 bridgehead atoms. The van der Waals surface area contributed by atoms with E-state index in [-0.39, 0.29) is 36.8 Å². The number of nitrogens with zero attached hydrogens (tertiary/aromatic N) is 2. The molecule has 1 aliphatic heterocycles. The van der Waals surface area contributed by atoms with Crippen molar-refractivity contribution in [3.63, 3.8) is 0 Å². The van der Waals surface area contributed by atoms with Gasteiger partial charge in [0.2, 0.25) is 0 Å². The summed E-state index contributed by atoms with van der Waals surface area (Å²) in [5, 5.41) is 0. The minimum Gasteiger partial charge on any atom is -0.338 e. The highest BCUT2D eigenvalue weighted by molar-refractivity contribution is 5.94. The average molecular weight is 320 g/mol. The van der Waals surface area contributed by atoms with Crippen molar-refractivity contribution in [3.8, 4) is 0 Å². The Balaban J connectivity index is 0.00000180. The molecule has 2 rings (SSSR count). The number of pyridine rings is 1. The molecule has 1 aliphatic rings. The molecule has 1 amide bonds. The van der Waals surface area contributed by atoms with Crippen molar-refractivity contribution in [2.75, 3.05) is 13.1 Å². The third kappa shape index (κ3) is 4.62. The predicted molar refractivity (Wildman–Crippen MR) is 85.7 cm³/mol. The van der Waals surface area contributed by atoms with Gasteiger partial charge in [-0.3, -0.25) is 9.78 Å². The SMILES string of the molecule is Cc1cncc(C(=O)N2CCCC(C(C)N)C2)c1.Cl.Cl. The maximum absolute atomic E-state index is 12.4. The van der Waals surface area contributed by atoms with E-state index >= 15 is 0 Å². The van der Waals surface area contributed by atoms with Gasteiger partial charge in [0.15, 0.2) is 0 Å². The van der Waals surface area contributed by atoms with Crippen LogP contribution in [0.5, 0.6) is 0 Å². The Labute approximate surface area is 132 Å². The molecule has 0 spiro atoms. The molecule has 1 fully saturated rings. The Morgan fingerprint density at radius 2 is 2.15 bits per heavy atom. The monoisotopic (exact) mass is 319 g/mol. The molecule has 0 aliphatic carbocycles. The molecule has 4 nitrogen and oxygen atoms in total. The molecular weight excluding hydrogens is 297 g/mol. The van der Waals surface area contributed by atoms with Crippen molar-refractivity contribution in [1.29, 1.82) is 0 Å². The lowest BCUT2D eigenvalue weighted by atomic mass is 9.92. The lowest BCUT2D eigenvalue weighted by molar-refractivity contribution is 0.0660. The van der Waals surface area contributed by atoms with Gasteiger partial charge in [0, 0.05) is 31.5 Å². The van der Waals surface area contributed by atoms with Gasteiger partial charge in [0.25, 0.3) is 5.91 Å². The van der Waals surface area contributed by atoms with Gasteiger partial charge in [0.1, 0.15) is 0 Å². The molecule has 2 heterocycles. The smallest absolute Gasteiger partial charge is 0.255 e. The summed E-state index contributed by atoms with van der Waals surface area (Å²) in [6.07, 6.45) is 5.56. The fraction of sp³-hybridized carbons (Fsp3) is 0.571. The molecule has 20 heavy (non-hydrogen) atoms. The van der Waals surface area contributed by atoms with Crippen LogP contribution in [0.15, 0.2) is 18.5 Å². The summed E-state index contributed by atoms with van der Waals surface area (Å²) in [5.41, 5.74) is 7.64. The molecule has 6 heteroatoms. The highest BCUT2D eigenvalue weighted by Gasteiger charge is 2.26. The lowest BCUT2D eigenvalue weighted by Crippen LogP contribution is -2.45. The van der Waals surface area contributed by atoms with Gasteiger partial charge < -0.3 is 10.6 Å². The Bertz CT molecular complexity index is 440. The Kier molecular flexibility index (Phi) is 8.09. The van der Waals surface area contributed by atoms with E-state index in [1.165, 1.54) is 0 Å². The number of hydrogen-bond acceptors (Lipinski definition) is 3. The van der Waals surface area contributed by atoms with Crippen LogP contribution in [0.25, 0.3) is 0 Å². The van der Waals surface area contributed by atoms with Crippen LogP contribution >= 0.6 is 24.8 Å². The lowest BCUT2D eigenvalue weighted by Gasteiger charge is -2.34. The maximum atomic E-state index is 12.4. The fourth-order valence-corrected chi connectivity index (χ4v) is 2.48.